The van der Waals surface area contributed by atoms with Crippen molar-refractivity contribution in [2.24, 2.45) is 0 Å². The summed E-state index contributed by atoms with van der Waals surface area (Å²) in [7, 11) is 1.45. The molecule has 4 nitrogen and oxygen atoms in total. The zero-order chi connectivity index (χ0) is 17.0. The van der Waals surface area contributed by atoms with E-state index in [-0.39, 0.29) is 20.7 Å². The molecule has 0 heterocycles. The second-order valence-corrected chi connectivity index (χ2v) is 5.97. The van der Waals surface area contributed by atoms with Gasteiger partial charge < -0.3 is 10.1 Å². The summed E-state index contributed by atoms with van der Waals surface area (Å²) in [5.41, 5.74) is 2.20. The van der Waals surface area contributed by atoms with E-state index in [0.29, 0.717) is 5.75 Å². The minimum absolute atomic E-state index is 0.182. The molecule has 0 spiro atoms. The quantitative estimate of drug-likeness (QED) is 0.786. The topological polar surface area (TPSA) is 50.4 Å². The molecule has 0 unspecified atom stereocenters. The van der Waals surface area contributed by atoms with Crippen LogP contribution in [-0.4, -0.2) is 18.1 Å². The summed E-state index contributed by atoms with van der Waals surface area (Å²) in [6.07, 6.45) is 0. The van der Waals surface area contributed by atoms with Gasteiger partial charge in [0.1, 0.15) is 0 Å². The molecule has 2 aromatic carbocycles. The molecule has 0 aliphatic carbocycles. The number of hydrogen-bond acceptors (Lipinski definition) is 3. The zero-order valence-electron chi connectivity index (χ0n) is 12.4. The summed E-state index contributed by atoms with van der Waals surface area (Å²) in [4.78, 5) is 12.2. The Kier molecular flexibility index (Phi) is 5.82. The minimum atomic E-state index is -0.416. The van der Waals surface area contributed by atoms with Crippen molar-refractivity contribution in [2.45, 2.75) is 6.92 Å². The van der Waals surface area contributed by atoms with Gasteiger partial charge in [-0.1, -0.05) is 40.9 Å². The summed E-state index contributed by atoms with van der Waals surface area (Å²) >= 11 is 17.2. The Hall–Kier alpha value is -1.82. The fraction of sp³-hybridized carbons (Fsp3) is 0.125. The van der Waals surface area contributed by atoms with Crippen LogP contribution in [0.15, 0.2) is 36.4 Å². The number of aryl methyl sites for hydroxylation is 1. The first-order valence-electron chi connectivity index (χ1n) is 6.62. The smallest absolute Gasteiger partial charge is 0.257 e. The number of methoxy groups -OCH3 is 1. The molecule has 7 heteroatoms. The second-order valence-electron chi connectivity index (χ2n) is 4.75. The van der Waals surface area contributed by atoms with Crippen molar-refractivity contribution in [3.8, 4) is 5.75 Å². The molecule has 0 fully saturated rings. The van der Waals surface area contributed by atoms with Crippen molar-refractivity contribution >= 4 is 52.1 Å². The molecule has 120 valence electrons. The number of ether oxygens (including phenoxy) is 1. The van der Waals surface area contributed by atoms with Crippen LogP contribution in [0.3, 0.4) is 0 Å². The summed E-state index contributed by atoms with van der Waals surface area (Å²) in [5, 5.41) is 6.19. The van der Waals surface area contributed by atoms with Crippen molar-refractivity contribution in [3.63, 3.8) is 0 Å². The molecule has 2 rings (SSSR count). The lowest BCUT2D eigenvalue weighted by Gasteiger charge is -2.11. The van der Waals surface area contributed by atoms with E-state index in [4.69, 9.17) is 40.2 Å². The number of rotatable bonds is 3. The van der Waals surface area contributed by atoms with Gasteiger partial charge in [-0.05, 0) is 43.4 Å². The van der Waals surface area contributed by atoms with Crippen molar-refractivity contribution in [1.29, 1.82) is 0 Å². The molecule has 0 aromatic heterocycles. The Bertz CT molecular complexity index is 725. The number of halogens is 2. The summed E-state index contributed by atoms with van der Waals surface area (Å²) in [6, 6.07) is 10.6. The highest BCUT2D eigenvalue weighted by atomic mass is 35.5. The van der Waals surface area contributed by atoms with Crippen molar-refractivity contribution in [1.82, 2.24) is 5.32 Å². The molecule has 0 saturated carbocycles. The fourth-order valence-electron chi connectivity index (χ4n) is 1.86. The van der Waals surface area contributed by atoms with E-state index in [1.165, 1.54) is 19.2 Å². The lowest BCUT2D eigenvalue weighted by Crippen LogP contribution is -2.34. The third-order valence-corrected chi connectivity index (χ3v) is 3.77. The first-order chi connectivity index (χ1) is 10.9. The molecule has 0 saturated heterocycles. The van der Waals surface area contributed by atoms with Crippen LogP contribution < -0.4 is 15.4 Å². The van der Waals surface area contributed by atoms with Crippen LogP contribution in [0.2, 0.25) is 10.0 Å². The highest BCUT2D eigenvalue weighted by Crippen LogP contribution is 2.33. The molecule has 0 aliphatic heterocycles. The van der Waals surface area contributed by atoms with E-state index in [1.807, 2.05) is 31.2 Å². The lowest BCUT2D eigenvalue weighted by atomic mass is 10.2. The van der Waals surface area contributed by atoms with Gasteiger partial charge in [-0.25, -0.2) is 0 Å². The third kappa shape index (κ3) is 4.58. The van der Waals surface area contributed by atoms with Gasteiger partial charge in [0, 0.05) is 11.3 Å². The fourth-order valence-corrected chi connectivity index (χ4v) is 2.71. The van der Waals surface area contributed by atoms with Crippen molar-refractivity contribution < 1.29 is 9.53 Å². The monoisotopic (exact) mass is 368 g/mol. The van der Waals surface area contributed by atoms with Crippen molar-refractivity contribution in [3.05, 3.63) is 57.6 Å². The average Bonchev–Trinajstić information content (AvgIpc) is 2.49. The largest absolute Gasteiger partial charge is 0.494 e. The van der Waals surface area contributed by atoms with Gasteiger partial charge in [0.25, 0.3) is 5.91 Å². The number of carbonyl (C=O) groups is 1. The summed E-state index contributed by atoms with van der Waals surface area (Å²) in [6.45, 7) is 1.99. The predicted molar refractivity (Wildman–Crippen MR) is 97.9 cm³/mol. The molecule has 0 aliphatic rings. The lowest BCUT2D eigenvalue weighted by molar-refractivity contribution is 0.0977. The number of thiocarbonyl (C=S) groups is 1. The predicted octanol–water partition coefficient (Wildman–Crippen LogP) is 4.44. The number of nitrogens with one attached hydrogen (secondary N) is 2. The molecule has 0 radical (unpaired) electrons. The standard InChI is InChI=1S/C16H14Cl2N2O2S/c1-9-3-5-11(6-4-9)19-16(23)20-15(21)10-7-12(17)14(22-2)13(18)8-10/h3-8H,1-2H3,(H2,19,20,21,23). The Morgan fingerprint density at radius 2 is 1.70 bits per heavy atom. The Labute approximate surface area is 149 Å². The maximum Gasteiger partial charge on any atom is 0.257 e. The van der Waals surface area contributed by atoms with Crippen LogP contribution in [-0.2, 0) is 0 Å². The first-order valence-corrected chi connectivity index (χ1v) is 7.79. The van der Waals surface area contributed by atoms with E-state index in [0.717, 1.165) is 11.3 Å². The van der Waals surface area contributed by atoms with Crippen LogP contribution in [0.1, 0.15) is 15.9 Å². The van der Waals surface area contributed by atoms with Gasteiger partial charge >= 0.3 is 0 Å². The minimum Gasteiger partial charge on any atom is -0.494 e. The molecule has 1 amide bonds. The van der Waals surface area contributed by atoms with Crippen LogP contribution in [0.5, 0.6) is 5.75 Å². The van der Waals surface area contributed by atoms with E-state index >= 15 is 0 Å². The number of carbonyl (C=O) groups excluding carboxylic acids is 1. The molecule has 2 N–H and O–H groups in total. The average molecular weight is 369 g/mol. The van der Waals surface area contributed by atoms with E-state index in [1.54, 1.807) is 0 Å². The van der Waals surface area contributed by atoms with Gasteiger partial charge in [0.05, 0.1) is 17.2 Å². The Balaban J connectivity index is 2.06. The molecule has 0 bridgehead atoms. The van der Waals surface area contributed by atoms with Gasteiger partial charge in [0.15, 0.2) is 10.9 Å². The van der Waals surface area contributed by atoms with Gasteiger partial charge in [-0.2, -0.15) is 0 Å². The second kappa shape index (κ2) is 7.64. The maximum atomic E-state index is 12.2. The molecular weight excluding hydrogens is 355 g/mol. The molecular formula is C16H14Cl2N2O2S. The van der Waals surface area contributed by atoms with Crippen LogP contribution >= 0.6 is 35.4 Å². The molecule has 2 aromatic rings. The number of amides is 1. The van der Waals surface area contributed by atoms with E-state index in [9.17, 15) is 4.79 Å². The maximum absolute atomic E-state index is 12.2. The Morgan fingerprint density at radius 3 is 2.22 bits per heavy atom. The van der Waals surface area contributed by atoms with E-state index in [2.05, 4.69) is 10.6 Å². The van der Waals surface area contributed by atoms with Gasteiger partial charge in [-0.3, -0.25) is 10.1 Å². The normalized spacial score (nSPS) is 10.1. The number of hydrogen-bond donors (Lipinski definition) is 2. The highest BCUT2D eigenvalue weighted by Gasteiger charge is 2.14. The summed E-state index contributed by atoms with van der Waals surface area (Å²) < 4.78 is 5.05. The SMILES string of the molecule is COc1c(Cl)cc(C(=O)NC(=S)Nc2ccc(C)cc2)cc1Cl. The number of benzene rings is 2. The van der Waals surface area contributed by atoms with Gasteiger partial charge in [-0.15, -0.1) is 0 Å². The van der Waals surface area contributed by atoms with Gasteiger partial charge in [0.2, 0.25) is 0 Å². The van der Waals surface area contributed by atoms with Crippen molar-refractivity contribution in [2.75, 3.05) is 12.4 Å². The first kappa shape index (κ1) is 17.5. The molecule has 0 atom stereocenters. The van der Waals surface area contributed by atoms with E-state index < -0.39 is 5.91 Å². The van der Waals surface area contributed by atoms with Crippen LogP contribution in [0.25, 0.3) is 0 Å². The zero-order valence-corrected chi connectivity index (χ0v) is 14.8. The highest BCUT2D eigenvalue weighted by molar-refractivity contribution is 7.80. The van der Waals surface area contributed by atoms with Crippen LogP contribution in [0, 0.1) is 6.92 Å². The molecule has 23 heavy (non-hydrogen) atoms. The Morgan fingerprint density at radius 1 is 1.13 bits per heavy atom. The van der Waals surface area contributed by atoms with Crippen LogP contribution in [0.4, 0.5) is 5.69 Å². The summed E-state index contributed by atoms with van der Waals surface area (Å²) in [5.74, 6) is -0.0914. The number of anilines is 1. The third-order valence-electron chi connectivity index (χ3n) is 3.00.